The molecule has 0 atom stereocenters. The van der Waals surface area contributed by atoms with Crippen molar-refractivity contribution in [1.29, 1.82) is 0 Å². The van der Waals surface area contributed by atoms with E-state index in [4.69, 9.17) is 0 Å². The standard InChI is InChI=1S/C25H24N6O3S/c32-23-5-1-4-22-21(23)3-2-16-31(22)24-12-15-27-25(30-24)29-19-6-8-20(9-7-19)35(33,34)28-17-18-10-13-26-14-11-18/h1,4-15,28,32H,2-3,16-17H2,(H,27,29,30). The molecule has 0 saturated heterocycles. The summed E-state index contributed by atoms with van der Waals surface area (Å²) in [5, 5.41) is 13.4. The Labute approximate surface area is 203 Å². The van der Waals surface area contributed by atoms with Crippen molar-refractivity contribution in [2.45, 2.75) is 24.3 Å². The summed E-state index contributed by atoms with van der Waals surface area (Å²) in [4.78, 5) is 15.1. The van der Waals surface area contributed by atoms with Crippen molar-refractivity contribution in [2.24, 2.45) is 0 Å². The van der Waals surface area contributed by atoms with Crippen LogP contribution < -0.4 is 14.9 Å². The Bertz CT molecular complexity index is 1430. The minimum atomic E-state index is -3.66. The summed E-state index contributed by atoms with van der Waals surface area (Å²) in [6.07, 6.45) is 6.64. The monoisotopic (exact) mass is 488 g/mol. The summed E-state index contributed by atoms with van der Waals surface area (Å²) >= 11 is 0. The lowest BCUT2D eigenvalue weighted by Gasteiger charge is -2.30. The van der Waals surface area contributed by atoms with Gasteiger partial charge in [-0.2, -0.15) is 4.98 Å². The number of anilines is 4. The van der Waals surface area contributed by atoms with Crippen LogP contribution in [0, 0.1) is 0 Å². The number of benzene rings is 2. The van der Waals surface area contributed by atoms with Gasteiger partial charge in [0.25, 0.3) is 0 Å². The zero-order valence-corrected chi connectivity index (χ0v) is 19.6. The highest BCUT2D eigenvalue weighted by molar-refractivity contribution is 7.89. The summed E-state index contributed by atoms with van der Waals surface area (Å²) in [5.41, 5.74) is 3.34. The van der Waals surface area contributed by atoms with Gasteiger partial charge in [-0.15, -0.1) is 0 Å². The highest BCUT2D eigenvalue weighted by atomic mass is 32.2. The maximum atomic E-state index is 12.6. The number of sulfonamides is 1. The first kappa shape index (κ1) is 22.8. The topological polar surface area (TPSA) is 120 Å². The molecule has 0 aliphatic carbocycles. The molecule has 1 aliphatic heterocycles. The molecule has 10 heteroatoms. The fourth-order valence-electron chi connectivity index (χ4n) is 4.01. The number of pyridine rings is 1. The van der Waals surface area contributed by atoms with Crippen LogP contribution in [0.4, 0.5) is 23.1 Å². The Morgan fingerprint density at radius 3 is 2.57 bits per heavy atom. The summed E-state index contributed by atoms with van der Waals surface area (Å²) in [6, 6.07) is 17.3. The number of aromatic hydroxyl groups is 1. The first-order valence-corrected chi connectivity index (χ1v) is 12.6. The Morgan fingerprint density at radius 2 is 1.77 bits per heavy atom. The second-order valence-electron chi connectivity index (χ2n) is 8.10. The second-order valence-corrected chi connectivity index (χ2v) is 9.86. The van der Waals surface area contributed by atoms with Gasteiger partial charge in [0.05, 0.1) is 4.90 Å². The maximum absolute atomic E-state index is 12.6. The largest absolute Gasteiger partial charge is 0.508 e. The lowest BCUT2D eigenvalue weighted by Crippen LogP contribution is -2.25. The lowest BCUT2D eigenvalue weighted by atomic mass is 10.0. The number of phenols is 1. The number of nitrogens with zero attached hydrogens (tertiary/aromatic N) is 4. The molecule has 0 fully saturated rings. The van der Waals surface area contributed by atoms with Gasteiger partial charge in [-0.05, 0) is 73.0 Å². The van der Waals surface area contributed by atoms with Gasteiger partial charge in [-0.3, -0.25) is 4.98 Å². The van der Waals surface area contributed by atoms with Gasteiger partial charge in [0.2, 0.25) is 16.0 Å². The van der Waals surface area contributed by atoms with Crippen molar-refractivity contribution < 1.29 is 13.5 Å². The number of fused-ring (bicyclic) bond motifs is 1. The zero-order valence-electron chi connectivity index (χ0n) is 18.8. The Morgan fingerprint density at radius 1 is 0.971 bits per heavy atom. The van der Waals surface area contributed by atoms with Crippen LogP contribution in [0.5, 0.6) is 5.75 Å². The van der Waals surface area contributed by atoms with Crippen LogP contribution in [-0.4, -0.2) is 35.0 Å². The van der Waals surface area contributed by atoms with Crippen molar-refractivity contribution in [1.82, 2.24) is 19.7 Å². The first-order chi connectivity index (χ1) is 17.0. The Hall–Kier alpha value is -4.02. The van der Waals surface area contributed by atoms with Gasteiger partial charge in [0.1, 0.15) is 11.6 Å². The predicted molar refractivity (Wildman–Crippen MR) is 133 cm³/mol. The normalized spacial score (nSPS) is 13.3. The maximum Gasteiger partial charge on any atom is 0.240 e. The molecule has 0 spiro atoms. The van der Waals surface area contributed by atoms with Crippen molar-refractivity contribution in [3.05, 3.63) is 90.4 Å². The van der Waals surface area contributed by atoms with Gasteiger partial charge < -0.3 is 15.3 Å². The molecule has 0 saturated carbocycles. The van der Waals surface area contributed by atoms with Gasteiger partial charge in [-0.25, -0.2) is 18.1 Å². The number of hydrogen-bond acceptors (Lipinski definition) is 8. The third kappa shape index (κ3) is 5.08. The van der Waals surface area contributed by atoms with E-state index in [2.05, 4.69) is 29.9 Å². The van der Waals surface area contributed by atoms with E-state index >= 15 is 0 Å². The number of rotatable bonds is 7. The molecule has 3 heterocycles. The summed E-state index contributed by atoms with van der Waals surface area (Å²) in [6.45, 7) is 0.967. The molecule has 2 aromatic heterocycles. The van der Waals surface area contributed by atoms with Crippen LogP contribution in [-0.2, 0) is 23.0 Å². The zero-order chi connectivity index (χ0) is 24.3. The van der Waals surface area contributed by atoms with Gasteiger partial charge in [0.15, 0.2) is 0 Å². The van der Waals surface area contributed by atoms with E-state index < -0.39 is 10.0 Å². The Kier molecular flexibility index (Phi) is 6.30. The van der Waals surface area contributed by atoms with Crippen LogP contribution in [0.3, 0.4) is 0 Å². The van der Waals surface area contributed by atoms with Crippen LogP contribution in [0.1, 0.15) is 17.5 Å². The van der Waals surface area contributed by atoms with E-state index in [1.807, 2.05) is 18.2 Å². The molecule has 0 radical (unpaired) electrons. The van der Waals surface area contributed by atoms with Gasteiger partial charge in [0, 0.05) is 48.6 Å². The van der Waals surface area contributed by atoms with Crippen molar-refractivity contribution >= 4 is 33.2 Å². The second kappa shape index (κ2) is 9.69. The number of nitrogens with one attached hydrogen (secondary N) is 2. The molecule has 178 valence electrons. The number of hydrogen-bond donors (Lipinski definition) is 3. The predicted octanol–water partition coefficient (Wildman–Crippen LogP) is 3.88. The smallest absolute Gasteiger partial charge is 0.240 e. The van der Waals surface area contributed by atoms with E-state index in [0.29, 0.717) is 23.2 Å². The van der Waals surface area contributed by atoms with E-state index in [1.54, 1.807) is 48.9 Å². The van der Waals surface area contributed by atoms with Crippen LogP contribution >= 0.6 is 0 Å². The molecule has 9 nitrogen and oxygen atoms in total. The lowest BCUT2D eigenvalue weighted by molar-refractivity contribution is 0.465. The highest BCUT2D eigenvalue weighted by Gasteiger charge is 2.22. The van der Waals surface area contributed by atoms with Crippen molar-refractivity contribution in [3.8, 4) is 5.75 Å². The molecule has 4 aromatic rings. The molecule has 2 aromatic carbocycles. The van der Waals surface area contributed by atoms with E-state index in [1.165, 1.54) is 12.1 Å². The summed E-state index contributed by atoms with van der Waals surface area (Å²) < 4.78 is 27.8. The van der Waals surface area contributed by atoms with Gasteiger partial charge >= 0.3 is 0 Å². The summed E-state index contributed by atoms with van der Waals surface area (Å²) in [5.74, 6) is 1.40. The summed E-state index contributed by atoms with van der Waals surface area (Å²) in [7, 11) is -3.66. The van der Waals surface area contributed by atoms with E-state index in [0.717, 1.165) is 36.2 Å². The number of phenolic OH excluding ortho intramolecular Hbond substituents is 1. The fourth-order valence-corrected chi connectivity index (χ4v) is 5.03. The average molecular weight is 489 g/mol. The third-order valence-electron chi connectivity index (χ3n) is 5.78. The molecular formula is C25H24N6O3S. The minimum Gasteiger partial charge on any atom is -0.508 e. The molecule has 3 N–H and O–H groups in total. The van der Waals surface area contributed by atoms with Crippen LogP contribution in [0.25, 0.3) is 0 Å². The molecular weight excluding hydrogens is 464 g/mol. The van der Waals surface area contributed by atoms with E-state index in [9.17, 15) is 13.5 Å². The molecule has 0 unspecified atom stereocenters. The van der Waals surface area contributed by atoms with Crippen LogP contribution in [0.2, 0.25) is 0 Å². The fraction of sp³-hybridized carbons (Fsp3) is 0.160. The molecule has 0 bridgehead atoms. The number of aromatic nitrogens is 3. The SMILES string of the molecule is O=S(=O)(NCc1ccncc1)c1ccc(Nc2nccc(N3CCCc4c(O)cccc43)n2)cc1. The van der Waals surface area contributed by atoms with Crippen molar-refractivity contribution in [2.75, 3.05) is 16.8 Å². The molecule has 0 amide bonds. The molecule has 35 heavy (non-hydrogen) atoms. The highest BCUT2D eigenvalue weighted by Crippen LogP contribution is 2.37. The Balaban J connectivity index is 1.30. The molecule has 1 aliphatic rings. The van der Waals surface area contributed by atoms with Crippen LogP contribution in [0.15, 0.2) is 84.1 Å². The van der Waals surface area contributed by atoms with Gasteiger partial charge in [-0.1, -0.05) is 6.07 Å². The first-order valence-electron chi connectivity index (χ1n) is 11.2. The third-order valence-corrected chi connectivity index (χ3v) is 7.20. The van der Waals surface area contributed by atoms with E-state index in [-0.39, 0.29) is 11.4 Å². The quantitative estimate of drug-likeness (QED) is 0.358. The minimum absolute atomic E-state index is 0.163. The average Bonchev–Trinajstić information content (AvgIpc) is 2.89. The van der Waals surface area contributed by atoms with Crippen molar-refractivity contribution in [3.63, 3.8) is 0 Å². The molecule has 5 rings (SSSR count).